The summed E-state index contributed by atoms with van der Waals surface area (Å²) >= 11 is 38.3. The van der Waals surface area contributed by atoms with Crippen LogP contribution in [-0.4, -0.2) is 132 Å². The van der Waals surface area contributed by atoms with E-state index < -0.39 is 6.29 Å². The van der Waals surface area contributed by atoms with Gasteiger partial charge in [0.1, 0.15) is 37.4 Å². The van der Waals surface area contributed by atoms with Crippen molar-refractivity contribution in [3.8, 4) is 169 Å². The number of hydrogen-bond acceptors (Lipinski definition) is 23. The van der Waals surface area contributed by atoms with Crippen molar-refractivity contribution in [1.82, 2.24) is 59.8 Å². The molecule has 0 amide bonds. The summed E-state index contributed by atoms with van der Waals surface area (Å²) in [5.74, 6) is 3.95. The highest BCUT2D eigenvalue weighted by atomic mass is 35.5. The van der Waals surface area contributed by atoms with Crippen LogP contribution < -0.4 is 49.7 Å². The first kappa shape index (κ1) is 101. The number of pyridine rings is 12. The zero-order valence-electron chi connectivity index (χ0n) is 80.3. The van der Waals surface area contributed by atoms with E-state index in [1.165, 1.54) is 6.20 Å². The number of methoxy groups -OCH3 is 1. The summed E-state index contributed by atoms with van der Waals surface area (Å²) in [7, 11) is 1.64. The fraction of sp³-hybridized carbons (Fsp3) is 0.165. The number of nitrogens with zero attached hydrogens (tertiary/aromatic N) is 12. The fourth-order valence-electron chi connectivity index (χ4n) is 16.5. The Labute approximate surface area is 873 Å². The molecule has 1 saturated carbocycles. The van der Waals surface area contributed by atoms with E-state index in [4.69, 9.17) is 93.3 Å². The molecule has 0 spiro atoms. The van der Waals surface area contributed by atoms with Gasteiger partial charge in [-0.15, -0.1) is 8.78 Å². The molecule has 1 fully saturated rings. The van der Waals surface area contributed by atoms with Crippen LogP contribution in [0.3, 0.4) is 0 Å². The topological polar surface area (TPSA) is 267 Å². The van der Waals surface area contributed by atoms with Crippen LogP contribution >= 0.6 is 69.6 Å². The standard InChI is InChI=1S/C20H19ClN2O2.C20H17ClN2O.C19H17ClN4.2C19H16ClN3O.C18H11ClF2N2O2/c1-14-3-4-18(19(21)9-14)17-10-16(12-22-13-17)15-5-6-23-20(11-15)25-8-7-24-2;1-13-2-5-18(19(21)8-13)16-9-15(11-22-12-16)14-6-7-23-20(10-14)24-17-3-4-17;2*1-12-2-3-15(17(20)8-12)13-9-14(11-21-10-13)16-4-5-23-19-18(16)22-6-7-24-19;1-12-2-3-15(17(20)8-12)13-9-14(11-21-10-13)16-4-5-22-19-18(16)24-7-6-23-19;1-10-2-3-13(15(19)6-10)11-7-12(9-22-8-11)14-4-5-23-17-16(14)24-18(20,21)25-17/h3-6,9-13H,7-8H2,1-2H3;2,5-12,17H,3-4H2,1H3;2-5,8-11,22H,6-7H2,1H3,(H,23,24);2-5,8-11,22H,6-7H2,1H3;2-5,8-11H,6-7H2,1H3,(H,22,23);2-9H,1H3. The maximum atomic E-state index is 13.4. The first-order valence-electron chi connectivity index (χ1n) is 46.9. The molecule has 0 saturated heterocycles. The van der Waals surface area contributed by atoms with E-state index in [2.05, 4.69) is 145 Å². The molecule has 0 unspecified atom stereocenters. The van der Waals surface area contributed by atoms with Crippen LogP contribution in [0, 0.1) is 41.5 Å². The molecule has 18 aromatic rings. The molecular weight excluding hydrogens is 1970 g/mol. The maximum Gasteiger partial charge on any atom is 0.587 e. The van der Waals surface area contributed by atoms with Crippen molar-refractivity contribution in [2.45, 2.75) is 66.8 Å². The lowest BCUT2D eigenvalue weighted by Gasteiger charge is -2.21. The van der Waals surface area contributed by atoms with E-state index in [1.807, 2.05) is 237 Å². The number of alkyl halides is 2. The largest absolute Gasteiger partial charge is 0.587 e. The molecule has 31 heteroatoms. The molecule has 4 aliphatic heterocycles. The van der Waals surface area contributed by atoms with E-state index in [0.29, 0.717) is 66.3 Å². The molecule has 6 aromatic carbocycles. The quantitative estimate of drug-likeness (QED) is 0.0581. The third-order valence-corrected chi connectivity index (χ3v) is 25.7. The summed E-state index contributed by atoms with van der Waals surface area (Å²) in [6.45, 7) is 17.6. The summed E-state index contributed by atoms with van der Waals surface area (Å²) < 4.78 is 63.5. The Hall–Kier alpha value is -15.3. The highest BCUT2D eigenvalue weighted by molar-refractivity contribution is 6.35. The number of fused-ring (bicyclic) bond motifs is 4. The maximum absolute atomic E-state index is 13.4. The van der Waals surface area contributed by atoms with E-state index >= 15 is 0 Å². The number of nitrogens with one attached hydrogen (secondary N) is 4. The van der Waals surface area contributed by atoms with Crippen molar-refractivity contribution in [2.75, 3.05) is 81.0 Å². The molecule has 5 aliphatic rings. The second-order valence-corrected chi connectivity index (χ2v) is 37.3. The molecule has 734 valence electrons. The van der Waals surface area contributed by atoms with Gasteiger partial charge in [-0.1, -0.05) is 142 Å². The molecule has 1 aliphatic carbocycles. The Morgan fingerprint density at radius 2 is 0.630 bits per heavy atom. The summed E-state index contributed by atoms with van der Waals surface area (Å²) in [5.41, 5.74) is 31.2. The van der Waals surface area contributed by atoms with Crippen molar-refractivity contribution >= 4 is 92.6 Å². The number of anilines is 4. The highest BCUT2D eigenvalue weighted by Gasteiger charge is 2.46. The minimum absolute atomic E-state index is 0.110. The van der Waals surface area contributed by atoms with E-state index in [9.17, 15) is 8.78 Å². The van der Waals surface area contributed by atoms with Crippen LogP contribution in [0.2, 0.25) is 30.1 Å². The van der Waals surface area contributed by atoms with Gasteiger partial charge in [-0.25, -0.2) is 29.9 Å². The van der Waals surface area contributed by atoms with E-state index in [-0.39, 0.29) is 11.6 Å². The number of aromatic nitrogens is 12. The molecule has 23 rings (SSSR count). The van der Waals surface area contributed by atoms with Gasteiger partial charge >= 0.3 is 6.29 Å². The summed E-state index contributed by atoms with van der Waals surface area (Å²) in [6, 6.07) is 63.5. The average molecular weight is 2060 g/mol. The minimum atomic E-state index is -3.73. The van der Waals surface area contributed by atoms with Crippen LogP contribution in [0.1, 0.15) is 46.2 Å². The molecule has 0 radical (unpaired) electrons. The molecule has 23 nitrogen and oxygen atoms in total. The van der Waals surface area contributed by atoms with Gasteiger partial charge in [0, 0.05) is 303 Å². The summed E-state index contributed by atoms with van der Waals surface area (Å²) in [5, 5.41) is 17.6. The van der Waals surface area contributed by atoms with Crippen LogP contribution in [0.25, 0.3) is 134 Å². The lowest BCUT2D eigenvalue weighted by Crippen LogP contribution is -2.26. The lowest BCUT2D eigenvalue weighted by molar-refractivity contribution is -0.287. The Morgan fingerprint density at radius 1 is 0.301 bits per heavy atom. The third-order valence-electron chi connectivity index (χ3n) is 23.9. The Kier molecular flexibility index (Phi) is 32.2. The minimum Gasteiger partial charge on any atom is -0.487 e. The van der Waals surface area contributed by atoms with Crippen LogP contribution in [0.5, 0.6) is 35.0 Å². The van der Waals surface area contributed by atoms with Crippen molar-refractivity contribution in [3.63, 3.8) is 0 Å². The summed E-state index contributed by atoms with van der Waals surface area (Å²) in [6.07, 6.45) is 30.7. The van der Waals surface area contributed by atoms with Crippen molar-refractivity contribution < 1.29 is 41.9 Å². The number of rotatable bonds is 18. The van der Waals surface area contributed by atoms with Gasteiger partial charge < -0.3 is 54.4 Å². The number of benzene rings is 6. The van der Waals surface area contributed by atoms with Gasteiger partial charge in [-0.3, -0.25) is 29.9 Å². The zero-order valence-corrected chi connectivity index (χ0v) is 84.8. The summed E-state index contributed by atoms with van der Waals surface area (Å²) in [4.78, 5) is 51.5. The van der Waals surface area contributed by atoms with Gasteiger partial charge in [0.25, 0.3) is 5.88 Å². The number of ether oxygens (including phenoxy) is 7. The SMILES string of the molecule is COCCOc1cc(-c2cncc(-c3ccc(C)cc3Cl)c2)ccn1.Cc1ccc(-c2cncc(-c3ccnc(OC4CC4)c3)c2)c(Cl)c1.Cc1ccc(-c2cncc(-c3ccnc4c3NCCN4)c2)c(Cl)c1.Cc1ccc(-c2cncc(-c3ccnc4c3NCCO4)c2)c(Cl)c1.Cc1ccc(-c2cncc(-c3ccnc4c3OC(F)(F)O4)c2)c(Cl)c1.Cc1ccc(-c2cncc(-c3ccnc4c3OCCN4)c2)c(Cl)c1. The van der Waals surface area contributed by atoms with Crippen molar-refractivity contribution in [3.05, 3.63) is 369 Å². The molecule has 0 atom stereocenters. The van der Waals surface area contributed by atoms with Crippen LogP contribution in [0.4, 0.5) is 31.8 Å². The molecule has 4 N–H and O–H groups in total. The number of halogens is 8. The molecule has 0 bridgehead atoms. The normalized spacial score (nSPS) is 13.0. The fourth-order valence-corrected chi connectivity index (χ4v) is 18.5. The predicted octanol–water partition coefficient (Wildman–Crippen LogP) is 29.0. The Balaban J connectivity index is 0.000000115. The first-order chi connectivity index (χ1) is 70.9. The van der Waals surface area contributed by atoms with Crippen LogP contribution in [-0.2, 0) is 4.74 Å². The van der Waals surface area contributed by atoms with Gasteiger partial charge in [0.05, 0.1) is 18.8 Å². The molecule has 146 heavy (non-hydrogen) atoms. The van der Waals surface area contributed by atoms with Crippen molar-refractivity contribution in [2.24, 2.45) is 0 Å². The Bertz CT molecular complexity index is 7450. The van der Waals surface area contributed by atoms with E-state index in [1.54, 1.807) is 56.4 Å². The second-order valence-electron chi connectivity index (χ2n) is 34.8. The van der Waals surface area contributed by atoms with Gasteiger partial charge in [0.15, 0.2) is 11.6 Å². The zero-order chi connectivity index (χ0) is 101. The average Bonchev–Trinajstić information content (AvgIpc) is 1.69. The highest BCUT2D eigenvalue weighted by Crippen LogP contribution is 2.48. The first-order valence-corrected chi connectivity index (χ1v) is 49.2. The van der Waals surface area contributed by atoms with E-state index in [0.717, 1.165) is 249 Å². The monoisotopic (exact) mass is 2060 g/mol. The number of aryl methyl sites for hydroxylation is 6. The molecule has 16 heterocycles. The van der Waals surface area contributed by atoms with Crippen LogP contribution in [0.15, 0.2) is 306 Å². The molecule has 12 aromatic heterocycles. The third kappa shape index (κ3) is 25.0. The van der Waals surface area contributed by atoms with Gasteiger partial charge in [-0.05, 0) is 208 Å². The Morgan fingerprint density at radius 3 is 1.06 bits per heavy atom. The van der Waals surface area contributed by atoms with Gasteiger partial charge in [-0.2, -0.15) is 0 Å². The molecular formula is C115H96Cl6F2N16O7. The van der Waals surface area contributed by atoms with Gasteiger partial charge in [0.2, 0.25) is 23.4 Å². The van der Waals surface area contributed by atoms with Crippen molar-refractivity contribution in [1.29, 1.82) is 0 Å². The lowest BCUT2D eigenvalue weighted by atomic mass is 10.0. The number of hydrogen-bond donors (Lipinski definition) is 4. The predicted molar refractivity (Wildman–Crippen MR) is 578 cm³/mol. The second kappa shape index (κ2) is 46.6. The smallest absolute Gasteiger partial charge is 0.487 e.